The SMILES string of the molecule is COc1cc(C2=C(C#N)C(N)Oc3cc(N(C)C)cc(C)c32)cc(Br)c1OC. The molecule has 0 saturated heterocycles. The summed E-state index contributed by atoms with van der Waals surface area (Å²) in [5, 5.41) is 9.81. The van der Waals surface area contributed by atoms with Crippen LogP contribution in [0.1, 0.15) is 16.7 Å². The molecule has 0 spiro atoms. The third-order valence-corrected chi connectivity index (χ3v) is 5.29. The molecule has 0 amide bonds. The second-order valence-corrected chi connectivity index (χ2v) is 7.52. The minimum atomic E-state index is -0.851. The fourth-order valence-corrected chi connectivity index (χ4v) is 3.97. The van der Waals surface area contributed by atoms with Crippen LogP contribution in [0, 0.1) is 18.3 Å². The van der Waals surface area contributed by atoms with Gasteiger partial charge in [-0.1, -0.05) is 0 Å². The molecule has 146 valence electrons. The Hall–Kier alpha value is -2.69. The zero-order chi connectivity index (χ0) is 20.6. The van der Waals surface area contributed by atoms with Crippen molar-refractivity contribution in [1.29, 1.82) is 5.26 Å². The average Bonchev–Trinajstić information content (AvgIpc) is 2.65. The minimum absolute atomic E-state index is 0.368. The Morgan fingerprint density at radius 3 is 2.46 bits per heavy atom. The third kappa shape index (κ3) is 3.30. The zero-order valence-corrected chi connectivity index (χ0v) is 18.0. The summed E-state index contributed by atoms with van der Waals surface area (Å²) in [4.78, 5) is 2.00. The summed E-state index contributed by atoms with van der Waals surface area (Å²) in [6.07, 6.45) is -0.851. The summed E-state index contributed by atoms with van der Waals surface area (Å²) in [6.45, 7) is 2.00. The standard InChI is InChI=1S/C21H22BrN3O3/c1-11-6-13(25(2)3)9-16-18(11)19(14(10-23)21(24)28-16)12-7-15(22)20(27-5)17(8-12)26-4/h6-9,21H,24H2,1-5H3. The van der Waals surface area contributed by atoms with E-state index in [1.165, 1.54) is 0 Å². The van der Waals surface area contributed by atoms with Crippen molar-refractivity contribution in [2.75, 3.05) is 33.2 Å². The fraction of sp³-hybridized carbons (Fsp3) is 0.286. The Morgan fingerprint density at radius 2 is 1.89 bits per heavy atom. The summed E-state index contributed by atoms with van der Waals surface area (Å²) >= 11 is 3.53. The molecule has 3 rings (SSSR count). The summed E-state index contributed by atoms with van der Waals surface area (Å²) in [5.41, 5.74) is 10.9. The van der Waals surface area contributed by atoms with Crippen LogP contribution in [0.4, 0.5) is 5.69 Å². The van der Waals surface area contributed by atoms with E-state index in [-0.39, 0.29) is 0 Å². The second kappa shape index (κ2) is 7.74. The number of methoxy groups -OCH3 is 2. The molecule has 1 unspecified atom stereocenters. The highest BCUT2D eigenvalue weighted by molar-refractivity contribution is 9.10. The van der Waals surface area contributed by atoms with E-state index in [1.807, 2.05) is 44.1 Å². The van der Waals surface area contributed by atoms with Gasteiger partial charge in [0.2, 0.25) is 0 Å². The van der Waals surface area contributed by atoms with Gasteiger partial charge in [0.25, 0.3) is 0 Å². The van der Waals surface area contributed by atoms with E-state index in [2.05, 4.69) is 28.1 Å². The molecule has 1 atom stereocenters. The number of hydrogen-bond donors (Lipinski definition) is 1. The van der Waals surface area contributed by atoms with Crippen molar-refractivity contribution in [2.24, 2.45) is 5.73 Å². The highest BCUT2D eigenvalue weighted by Crippen LogP contribution is 2.46. The number of fused-ring (bicyclic) bond motifs is 1. The first kappa shape index (κ1) is 20.1. The zero-order valence-electron chi connectivity index (χ0n) is 16.5. The van der Waals surface area contributed by atoms with Crippen LogP contribution in [0.2, 0.25) is 0 Å². The van der Waals surface area contributed by atoms with Crippen molar-refractivity contribution in [1.82, 2.24) is 0 Å². The molecule has 0 fully saturated rings. The van der Waals surface area contributed by atoms with Gasteiger partial charge in [-0.15, -0.1) is 0 Å². The van der Waals surface area contributed by atoms with E-state index in [0.717, 1.165) is 32.4 Å². The van der Waals surface area contributed by atoms with Gasteiger partial charge in [-0.3, -0.25) is 5.73 Å². The van der Waals surface area contributed by atoms with Crippen molar-refractivity contribution in [3.8, 4) is 23.3 Å². The first-order valence-corrected chi connectivity index (χ1v) is 9.42. The van der Waals surface area contributed by atoms with E-state index in [4.69, 9.17) is 19.9 Å². The third-order valence-electron chi connectivity index (χ3n) is 4.70. The maximum atomic E-state index is 9.81. The molecule has 2 N–H and O–H groups in total. The van der Waals surface area contributed by atoms with Crippen LogP contribution in [0.25, 0.3) is 5.57 Å². The Kier molecular flexibility index (Phi) is 5.54. The molecule has 0 bridgehead atoms. The largest absolute Gasteiger partial charge is 0.493 e. The smallest absolute Gasteiger partial charge is 0.184 e. The summed E-state index contributed by atoms with van der Waals surface area (Å²) in [5.74, 6) is 1.79. The number of aryl methyl sites for hydroxylation is 1. The van der Waals surface area contributed by atoms with Crippen molar-refractivity contribution in [3.05, 3.63) is 51.0 Å². The van der Waals surface area contributed by atoms with Crippen molar-refractivity contribution >= 4 is 27.2 Å². The molecule has 1 aliphatic rings. The van der Waals surface area contributed by atoms with Gasteiger partial charge >= 0.3 is 0 Å². The molecule has 2 aromatic rings. The number of rotatable bonds is 4. The molecule has 0 aliphatic carbocycles. The molecule has 0 saturated carbocycles. The number of nitrogens with zero attached hydrogens (tertiary/aromatic N) is 2. The highest BCUT2D eigenvalue weighted by atomic mass is 79.9. The molecule has 0 aromatic heterocycles. The number of nitriles is 1. The maximum absolute atomic E-state index is 9.81. The number of nitrogens with two attached hydrogens (primary N) is 1. The fourth-order valence-electron chi connectivity index (χ4n) is 3.36. The topological polar surface area (TPSA) is 80.7 Å². The Morgan fingerprint density at radius 1 is 1.18 bits per heavy atom. The van der Waals surface area contributed by atoms with Crippen molar-refractivity contribution in [3.63, 3.8) is 0 Å². The predicted octanol–water partition coefficient (Wildman–Crippen LogP) is 3.84. The summed E-state index contributed by atoms with van der Waals surface area (Å²) in [6, 6.07) is 9.96. The molecule has 7 heteroatoms. The monoisotopic (exact) mass is 443 g/mol. The van der Waals surface area contributed by atoms with E-state index in [0.29, 0.717) is 22.8 Å². The molecule has 1 heterocycles. The number of hydrogen-bond acceptors (Lipinski definition) is 6. The number of halogens is 1. The first-order valence-electron chi connectivity index (χ1n) is 8.63. The first-order chi connectivity index (χ1) is 13.3. The molecule has 0 radical (unpaired) electrons. The molecule has 28 heavy (non-hydrogen) atoms. The van der Waals surface area contributed by atoms with Gasteiger partial charge in [0, 0.05) is 37.0 Å². The molecular formula is C21H22BrN3O3. The minimum Gasteiger partial charge on any atom is -0.493 e. The van der Waals surface area contributed by atoms with E-state index in [1.54, 1.807) is 14.2 Å². The van der Waals surface area contributed by atoms with Crippen LogP contribution in [0.3, 0.4) is 0 Å². The van der Waals surface area contributed by atoms with E-state index in [9.17, 15) is 5.26 Å². The lowest BCUT2D eigenvalue weighted by Gasteiger charge is -2.29. The molecule has 2 aromatic carbocycles. The summed E-state index contributed by atoms with van der Waals surface area (Å²) < 4.78 is 17.5. The number of benzene rings is 2. The average molecular weight is 444 g/mol. The van der Waals surface area contributed by atoms with Crippen molar-refractivity contribution in [2.45, 2.75) is 13.2 Å². The van der Waals surface area contributed by atoms with E-state index < -0.39 is 6.23 Å². The molecular weight excluding hydrogens is 422 g/mol. The van der Waals surface area contributed by atoms with Gasteiger partial charge in [-0.25, -0.2) is 0 Å². The Bertz CT molecular complexity index is 1010. The van der Waals surface area contributed by atoms with Gasteiger partial charge in [-0.2, -0.15) is 5.26 Å². The molecule has 6 nitrogen and oxygen atoms in total. The Labute approximate surface area is 173 Å². The van der Waals surface area contributed by atoms with Crippen LogP contribution >= 0.6 is 15.9 Å². The Balaban J connectivity index is 2.34. The van der Waals surface area contributed by atoms with E-state index >= 15 is 0 Å². The molecule has 1 aliphatic heterocycles. The quantitative estimate of drug-likeness (QED) is 0.772. The predicted molar refractivity (Wildman–Crippen MR) is 113 cm³/mol. The van der Waals surface area contributed by atoms with Crippen LogP contribution in [0.15, 0.2) is 34.3 Å². The van der Waals surface area contributed by atoms with Crippen LogP contribution < -0.4 is 24.8 Å². The maximum Gasteiger partial charge on any atom is 0.184 e. The number of anilines is 1. The van der Waals surface area contributed by atoms with Gasteiger partial charge in [0.1, 0.15) is 11.8 Å². The second-order valence-electron chi connectivity index (χ2n) is 6.66. The normalized spacial score (nSPS) is 15.4. The lowest BCUT2D eigenvalue weighted by atomic mass is 9.87. The van der Waals surface area contributed by atoms with Crippen LogP contribution in [-0.2, 0) is 0 Å². The number of ether oxygens (including phenoxy) is 3. The van der Waals surface area contributed by atoms with Gasteiger partial charge in [0.05, 0.1) is 24.3 Å². The summed E-state index contributed by atoms with van der Waals surface area (Å²) in [7, 11) is 7.08. The van der Waals surface area contributed by atoms with Gasteiger partial charge in [0.15, 0.2) is 17.7 Å². The van der Waals surface area contributed by atoms with Crippen LogP contribution in [0.5, 0.6) is 17.2 Å². The van der Waals surface area contributed by atoms with Crippen LogP contribution in [-0.4, -0.2) is 34.5 Å². The lowest BCUT2D eigenvalue weighted by Crippen LogP contribution is -2.33. The highest BCUT2D eigenvalue weighted by Gasteiger charge is 2.30. The van der Waals surface area contributed by atoms with Gasteiger partial charge in [-0.05, 0) is 52.2 Å². The van der Waals surface area contributed by atoms with Crippen molar-refractivity contribution < 1.29 is 14.2 Å². The van der Waals surface area contributed by atoms with Gasteiger partial charge < -0.3 is 19.1 Å². The lowest BCUT2D eigenvalue weighted by molar-refractivity contribution is 0.245.